The number of amides is 2. The van der Waals surface area contributed by atoms with Gasteiger partial charge in [0.25, 0.3) is 11.8 Å². The van der Waals surface area contributed by atoms with Gasteiger partial charge in [-0.05, 0) is 61.4 Å². The SMILES string of the molecule is NC(=O)COc1ccc(C(=O)NCCCCOc2ccc(F)cc2)cc1. The molecule has 0 aromatic heterocycles. The molecule has 0 saturated carbocycles. The third-order valence-corrected chi connectivity index (χ3v) is 3.44. The van der Waals surface area contributed by atoms with Crippen LogP contribution in [-0.4, -0.2) is 31.6 Å². The predicted octanol–water partition coefficient (Wildman–Crippen LogP) is 2.28. The van der Waals surface area contributed by atoms with Gasteiger partial charge in [-0.15, -0.1) is 0 Å². The summed E-state index contributed by atoms with van der Waals surface area (Å²) < 4.78 is 23.4. The average molecular weight is 360 g/mol. The molecule has 0 aliphatic heterocycles. The average Bonchev–Trinajstić information content (AvgIpc) is 2.64. The summed E-state index contributed by atoms with van der Waals surface area (Å²) in [6.07, 6.45) is 1.52. The quantitative estimate of drug-likeness (QED) is 0.636. The number of hydrogen-bond donors (Lipinski definition) is 2. The summed E-state index contributed by atoms with van der Waals surface area (Å²) in [5.41, 5.74) is 5.49. The Kier molecular flexibility index (Phi) is 7.42. The van der Waals surface area contributed by atoms with Gasteiger partial charge in [0.1, 0.15) is 17.3 Å². The van der Waals surface area contributed by atoms with Gasteiger partial charge in [0.2, 0.25) is 0 Å². The van der Waals surface area contributed by atoms with Gasteiger partial charge < -0.3 is 20.5 Å². The first-order valence-electron chi connectivity index (χ1n) is 8.22. The number of halogens is 1. The highest BCUT2D eigenvalue weighted by Crippen LogP contribution is 2.13. The van der Waals surface area contributed by atoms with Crippen LogP contribution in [0.25, 0.3) is 0 Å². The lowest BCUT2D eigenvalue weighted by atomic mass is 10.2. The standard InChI is InChI=1S/C19H21FN2O4/c20-15-5-9-16(10-6-15)25-12-2-1-11-22-19(24)14-3-7-17(8-4-14)26-13-18(21)23/h3-10H,1-2,11-13H2,(H2,21,23)(H,22,24). The van der Waals surface area contributed by atoms with Crippen LogP contribution in [0.15, 0.2) is 48.5 Å². The van der Waals surface area contributed by atoms with Crippen molar-refractivity contribution in [3.05, 3.63) is 59.9 Å². The number of ether oxygens (including phenoxy) is 2. The fraction of sp³-hybridized carbons (Fsp3) is 0.263. The molecule has 138 valence electrons. The minimum atomic E-state index is -0.560. The molecule has 2 aromatic carbocycles. The molecule has 0 radical (unpaired) electrons. The van der Waals surface area contributed by atoms with Crippen LogP contribution < -0.4 is 20.5 Å². The van der Waals surface area contributed by atoms with Crippen molar-refractivity contribution in [2.75, 3.05) is 19.8 Å². The van der Waals surface area contributed by atoms with E-state index in [1.165, 1.54) is 12.1 Å². The van der Waals surface area contributed by atoms with Crippen LogP contribution in [0.1, 0.15) is 23.2 Å². The molecule has 2 amide bonds. The molecule has 0 fully saturated rings. The van der Waals surface area contributed by atoms with Gasteiger partial charge in [-0.2, -0.15) is 0 Å². The summed E-state index contributed by atoms with van der Waals surface area (Å²) >= 11 is 0. The highest BCUT2D eigenvalue weighted by molar-refractivity contribution is 5.94. The first-order chi connectivity index (χ1) is 12.5. The Morgan fingerprint density at radius 3 is 2.19 bits per heavy atom. The van der Waals surface area contributed by atoms with E-state index in [1.807, 2.05) is 0 Å². The number of hydrogen-bond acceptors (Lipinski definition) is 4. The fourth-order valence-corrected chi connectivity index (χ4v) is 2.11. The third kappa shape index (κ3) is 6.80. The number of carbonyl (C=O) groups excluding carboxylic acids is 2. The van der Waals surface area contributed by atoms with E-state index in [2.05, 4.69) is 5.32 Å². The number of nitrogens with one attached hydrogen (secondary N) is 1. The number of primary amides is 1. The molecule has 3 N–H and O–H groups in total. The minimum absolute atomic E-state index is 0.189. The molecule has 2 aromatic rings. The van der Waals surface area contributed by atoms with E-state index in [9.17, 15) is 14.0 Å². The van der Waals surface area contributed by atoms with Gasteiger partial charge in [0.05, 0.1) is 6.61 Å². The Labute approximate surface area is 151 Å². The van der Waals surface area contributed by atoms with Crippen LogP contribution >= 0.6 is 0 Å². The zero-order valence-electron chi connectivity index (χ0n) is 14.2. The van der Waals surface area contributed by atoms with Crippen LogP contribution in [0.3, 0.4) is 0 Å². The van der Waals surface area contributed by atoms with E-state index in [4.69, 9.17) is 15.2 Å². The molecule has 2 rings (SSSR count). The second-order valence-electron chi connectivity index (χ2n) is 5.54. The van der Waals surface area contributed by atoms with Crippen molar-refractivity contribution in [3.8, 4) is 11.5 Å². The van der Waals surface area contributed by atoms with Crippen molar-refractivity contribution >= 4 is 11.8 Å². The fourth-order valence-electron chi connectivity index (χ4n) is 2.11. The monoisotopic (exact) mass is 360 g/mol. The number of unbranched alkanes of at least 4 members (excludes halogenated alkanes) is 1. The van der Waals surface area contributed by atoms with Gasteiger partial charge in [-0.25, -0.2) is 4.39 Å². The number of carbonyl (C=O) groups is 2. The van der Waals surface area contributed by atoms with E-state index in [0.29, 0.717) is 30.2 Å². The van der Waals surface area contributed by atoms with Gasteiger partial charge in [0.15, 0.2) is 6.61 Å². The Hall–Kier alpha value is -3.09. The maximum Gasteiger partial charge on any atom is 0.255 e. The van der Waals surface area contributed by atoms with Crippen molar-refractivity contribution in [1.29, 1.82) is 0 Å². The Morgan fingerprint density at radius 2 is 1.54 bits per heavy atom. The Bertz CT molecular complexity index is 717. The maximum atomic E-state index is 12.8. The lowest BCUT2D eigenvalue weighted by Gasteiger charge is -2.08. The van der Waals surface area contributed by atoms with E-state index in [0.717, 1.165) is 12.8 Å². The Morgan fingerprint density at radius 1 is 0.923 bits per heavy atom. The highest BCUT2D eigenvalue weighted by Gasteiger charge is 2.05. The third-order valence-electron chi connectivity index (χ3n) is 3.44. The topological polar surface area (TPSA) is 90.7 Å². The summed E-state index contributed by atoms with van der Waals surface area (Å²) in [5.74, 6) is 0.0426. The lowest BCUT2D eigenvalue weighted by Crippen LogP contribution is -2.24. The minimum Gasteiger partial charge on any atom is -0.494 e. The largest absolute Gasteiger partial charge is 0.494 e. The first kappa shape index (κ1) is 19.2. The van der Waals surface area contributed by atoms with Crippen molar-refractivity contribution < 1.29 is 23.5 Å². The van der Waals surface area contributed by atoms with Crippen molar-refractivity contribution in [2.45, 2.75) is 12.8 Å². The van der Waals surface area contributed by atoms with E-state index in [-0.39, 0.29) is 18.3 Å². The molecule has 6 nitrogen and oxygen atoms in total. The molecule has 0 bridgehead atoms. The van der Waals surface area contributed by atoms with Gasteiger partial charge >= 0.3 is 0 Å². The summed E-state index contributed by atoms with van der Waals surface area (Å²) in [4.78, 5) is 22.7. The summed E-state index contributed by atoms with van der Waals surface area (Å²) in [7, 11) is 0. The molecular weight excluding hydrogens is 339 g/mol. The molecular formula is C19H21FN2O4. The zero-order valence-corrected chi connectivity index (χ0v) is 14.2. The Balaban J connectivity index is 1.62. The number of rotatable bonds is 10. The molecule has 0 spiro atoms. The van der Waals surface area contributed by atoms with Crippen LogP contribution in [-0.2, 0) is 4.79 Å². The summed E-state index contributed by atoms with van der Waals surface area (Å²) in [6, 6.07) is 12.3. The summed E-state index contributed by atoms with van der Waals surface area (Å²) in [5, 5.41) is 2.82. The highest BCUT2D eigenvalue weighted by atomic mass is 19.1. The number of nitrogens with two attached hydrogens (primary N) is 1. The second kappa shape index (κ2) is 10.0. The molecule has 7 heteroatoms. The molecule has 0 aliphatic carbocycles. The van der Waals surface area contributed by atoms with E-state index in [1.54, 1.807) is 36.4 Å². The normalized spacial score (nSPS) is 10.2. The van der Waals surface area contributed by atoms with Crippen LogP contribution in [0.5, 0.6) is 11.5 Å². The number of benzene rings is 2. The smallest absolute Gasteiger partial charge is 0.255 e. The molecule has 26 heavy (non-hydrogen) atoms. The van der Waals surface area contributed by atoms with Gasteiger partial charge in [-0.1, -0.05) is 0 Å². The van der Waals surface area contributed by atoms with Crippen molar-refractivity contribution in [1.82, 2.24) is 5.32 Å². The van der Waals surface area contributed by atoms with Crippen LogP contribution in [0.4, 0.5) is 4.39 Å². The van der Waals surface area contributed by atoms with Gasteiger partial charge in [-0.3, -0.25) is 9.59 Å². The lowest BCUT2D eigenvalue weighted by molar-refractivity contribution is -0.119. The van der Waals surface area contributed by atoms with Crippen LogP contribution in [0.2, 0.25) is 0 Å². The van der Waals surface area contributed by atoms with Crippen molar-refractivity contribution in [3.63, 3.8) is 0 Å². The second-order valence-corrected chi connectivity index (χ2v) is 5.54. The zero-order chi connectivity index (χ0) is 18.8. The molecule has 0 unspecified atom stereocenters. The molecule has 0 heterocycles. The molecule has 0 atom stereocenters. The van der Waals surface area contributed by atoms with E-state index < -0.39 is 5.91 Å². The summed E-state index contributed by atoms with van der Waals surface area (Å²) in [6.45, 7) is 0.810. The maximum absolute atomic E-state index is 12.8. The van der Waals surface area contributed by atoms with E-state index >= 15 is 0 Å². The van der Waals surface area contributed by atoms with Gasteiger partial charge in [0, 0.05) is 12.1 Å². The molecule has 0 aliphatic rings. The van der Waals surface area contributed by atoms with Crippen LogP contribution in [0, 0.1) is 5.82 Å². The first-order valence-corrected chi connectivity index (χ1v) is 8.22. The van der Waals surface area contributed by atoms with Crippen molar-refractivity contribution in [2.24, 2.45) is 5.73 Å². The predicted molar refractivity (Wildman–Crippen MR) is 94.6 cm³/mol. The molecule has 0 saturated heterocycles.